The molecule has 1 aliphatic carbocycles. The molecule has 3 heterocycles. The van der Waals surface area contributed by atoms with Crippen LogP contribution in [0.1, 0.15) is 25.0 Å². The largest absolute Gasteiger partial charge is 0.254 e. The number of thiophene rings is 1. The Labute approximate surface area is 258 Å². The molecule has 0 saturated heterocycles. The fourth-order valence-electron chi connectivity index (χ4n) is 7.56. The lowest BCUT2D eigenvalue weighted by atomic mass is 9.80. The summed E-state index contributed by atoms with van der Waals surface area (Å²) in [7, 11) is 0. The summed E-state index contributed by atoms with van der Waals surface area (Å²) in [5.41, 5.74) is 9.23. The van der Waals surface area contributed by atoms with Gasteiger partial charge in [-0.15, -0.1) is 11.3 Å². The zero-order valence-corrected chi connectivity index (χ0v) is 25.2. The highest BCUT2D eigenvalue weighted by atomic mass is 32.1. The van der Waals surface area contributed by atoms with E-state index < -0.39 is 0 Å². The van der Waals surface area contributed by atoms with Gasteiger partial charge in [-0.1, -0.05) is 80.6 Å². The maximum Gasteiger partial charge on any atom is 0.0972 e. The lowest BCUT2D eigenvalue weighted by molar-refractivity contribution is 0.663. The van der Waals surface area contributed by atoms with Gasteiger partial charge in [-0.25, -0.2) is 4.98 Å². The first-order valence-corrected chi connectivity index (χ1v) is 16.0. The quantitative estimate of drug-likeness (QED) is 0.191. The Morgan fingerprint density at radius 3 is 2.05 bits per heavy atom. The minimum atomic E-state index is -0.140. The van der Waals surface area contributed by atoms with Crippen molar-refractivity contribution in [2.24, 2.45) is 0 Å². The van der Waals surface area contributed by atoms with Crippen LogP contribution in [0.4, 0.5) is 0 Å². The van der Waals surface area contributed by atoms with Crippen molar-refractivity contribution in [2.75, 3.05) is 0 Å². The van der Waals surface area contributed by atoms with Crippen molar-refractivity contribution in [3.8, 4) is 22.4 Å². The predicted molar refractivity (Wildman–Crippen MR) is 188 cm³/mol. The monoisotopic (exact) mass is 578 g/mol. The number of pyridine rings is 2. The van der Waals surface area contributed by atoms with Gasteiger partial charge in [0.25, 0.3) is 0 Å². The molecule has 0 bridgehead atoms. The van der Waals surface area contributed by atoms with Crippen molar-refractivity contribution in [3.05, 3.63) is 133 Å². The van der Waals surface area contributed by atoms with Gasteiger partial charge in [-0.2, -0.15) is 0 Å². The van der Waals surface area contributed by atoms with Crippen molar-refractivity contribution < 1.29 is 0 Å². The van der Waals surface area contributed by atoms with Gasteiger partial charge >= 0.3 is 0 Å². The molecule has 206 valence electrons. The van der Waals surface area contributed by atoms with Crippen molar-refractivity contribution in [2.45, 2.75) is 19.3 Å². The first-order valence-electron chi connectivity index (χ1n) is 15.1. The Morgan fingerprint density at radius 1 is 0.523 bits per heavy atom. The molecule has 9 aromatic rings. The van der Waals surface area contributed by atoms with Gasteiger partial charge < -0.3 is 0 Å². The molecular formula is C41H26N2S. The Balaban J connectivity index is 1.15. The highest BCUT2D eigenvalue weighted by Gasteiger charge is 2.35. The van der Waals surface area contributed by atoms with Crippen LogP contribution in [0.15, 0.2) is 121 Å². The maximum atomic E-state index is 5.20. The summed E-state index contributed by atoms with van der Waals surface area (Å²) in [6.07, 6.45) is 1.85. The molecule has 0 fully saturated rings. The summed E-state index contributed by atoms with van der Waals surface area (Å²) in [5.74, 6) is 0. The SMILES string of the molecule is CC1(C)c2cc(-c3ccc4c(c3)sc3ccccc34)cc3ccc4cc(-c5ccc6ccc7cccnc7c6n5)cc1c4c23. The van der Waals surface area contributed by atoms with Gasteiger partial charge in [0, 0.05) is 48.1 Å². The first kappa shape index (κ1) is 24.3. The summed E-state index contributed by atoms with van der Waals surface area (Å²) in [4.78, 5) is 9.88. The van der Waals surface area contributed by atoms with E-state index in [1.165, 1.54) is 64.0 Å². The highest BCUT2D eigenvalue weighted by molar-refractivity contribution is 7.25. The second-order valence-corrected chi connectivity index (χ2v) is 13.7. The van der Waals surface area contributed by atoms with E-state index in [4.69, 9.17) is 4.98 Å². The van der Waals surface area contributed by atoms with Gasteiger partial charge in [0.05, 0.1) is 16.7 Å². The van der Waals surface area contributed by atoms with Gasteiger partial charge in [-0.3, -0.25) is 4.98 Å². The molecule has 0 spiro atoms. The zero-order chi connectivity index (χ0) is 29.2. The number of hydrogen-bond acceptors (Lipinski definition) is 3. The smallest absolute Gasteiger partial charge is 0.0972 e. The summed E-state index contributed by atoms with van der Waals surface area (Å²) in [5, 5.41) is 10.3. The van der Waals surface area contributed by atoms with Crippen LogP contribution in [0.3, 0.4) is 0 Å². The van der Waals surface area contributed by atoms with Crippen LogP contribution in [0.25, 0.3) is 85.9 Å². The fraction of sp³-hybridized carbons (Fsp3) is 0.0732. The fourth-order valence-corrected chi connectivity index (χ4v) is 8.71. The average Bonchev–Trinajstić information content (AvgIpc) is 3.55. The molecular weight excluding hydrogens is 553 g/mol. The number of hydrogen-bond donors (Lipinski definition) is 0. The third-order valence-corrected chi connectivity index (χ3v) is 11.0. The molecule has 10 rings (SSSR count). The lowest BCUT2D eigenvalue weighted by Crippen LogP contribution is -2.15. The average molecular weight is 579 g/mol. The van der Waals surface area contributed by atoms with Gasteiger partial charge in [-0.05, 0) is 92.3 Å². The van der Waals surface area contributed by atoms with Gasteiger partial charge in [0.2, 0.25) is 0 Å². The second-order valence-electron chi connectivity index (χ2n) is 12.7. The third-order valence-electron chi connectivity index (χ3n) is 9.82. The molecule has 3 aromatic heterocycles. The molecule has 6 aromatic carbocycles. The Bertz CT molecular complexity index is 2700. The van der Waals surface area contributed by atoms with Crippen LogP contribution in [-0.4, -0.2) is 9.97 Å². The van der Waals surface area contributed by atoms with E-state index in [9.17, 15) is 0 Å². The van der Waals surface area contributed by atoms with E-state index in [1.807, 2.05) is 23.6 Å². The van der Waals surface area contributed by atoms with E-state index >= 15 is 0 Å². The van der Waals surface area contributed by atoms with Crippen LogP contribution >= 0.6 is 11.3 Å². The molecule has 0 unspecified atom stereocenters. The number of aromatic nitrogens is 2. The van der Waals surface area contributed by atoms with E-state index in [0.29, 0.717) is 0 Å². The first-order chi connectivity index (χ1) is 21.5. The summed E-state index contributed by atoms with van der Waals surface area (Å²) < 4.78 is 2.69. The van der Waals surface area contributed by atoms with Crippen molar-refractivity contribution in [1.29, 1.82) is 0 Å². The molecule has 3 heteroatoms. The van der Waals surface area contributed by atoms with Crippen LogP contribution in [0, 0.1) is 0 Å². The topological polar surface area (TPSA) is 25.8 Å². The number of nitrogens with zero attached hydrogens (tertiary/aromatic N) is 2. The third kappa shape index (κ3) is 3.25. The van der Waals surface area contributed by atoms with E-state index in [1.54, 1.807) is 0 Å². The molecule has 1 aliphatic rings. The van der Waals surface area contributed by atoms with Crippen molar-refractivity contribution in [3.63, 3.8) is 0 Å². The second kappa shape index (κ2) is 8.49. The maximum absolute atomic E-state index is 5.20. The molecule has 0 N–H and O–H groups in total. The number of fused-ring (bicyclic) bond motifs is 6. The van der Waals surface area contributed by atoms with E-state index in [2.05, 4.69) is 128 Å². The zero-order valence-electron chi connectivity index (χ0n) is 24.3. The Morgan fingerprint density at radius 2 is 1.20 bits per heavy atom. The standard InChI is InChI=1S/C41H26N2S/c1-41(2)32-20-28(25-13-15-31-30-7-3-4-8-35(30)44-36(31)22-25)18-26-11-12-27-19-29(21-33(41)38(27)37(26)32)34-16-14-24-10-9-23-6-5-17-42-39(23)40(24)43-34/h3-22H,1-2H3. The molecule has 0 saturated carbocycles. The minimum Gasteiger partial charge on any atom is -0.254 e. The minimum absolute atomic E-state index is 0.140. The molecule has 0 radical (unpaired) electrons. The van der Waals surface area contributed by atoms with Crippen LogP contribution < -0.4 is 0 Å². The van der Waals surface area contributed by atoms with Crippen molar-refractivity contribution in [1.82, 2.24) is 9.97 Å². The van der Waals surface area contributed by atoms with Crippen LogP contribution in [-0.2, 0) is 5.41 Å². The Hall–Kier alpha value is -5.12. The number of rotatable bonds is 2. The summed E-state index contributed by atoms with van der Waals surface area (Å²) in [6, 6.07) is 42.5. The summed E-state index contributed by atoms with van der Waals surface area (Å²) in [6.45, 7) is 4.76. The predicted octanol–water partition coefficient (Wildman–Crippen LogP) is 11.4. The molecule has 0 atom stereocenters. The molecule has 2 nitrogen and oxygen atoms in total. The van der Waals surface area contributed by atoms with Crippen molar-refractivity contribution >= 4 is 74.9 Å². The lowest BCUT2D eigenvalue weighted by Gasteiger charge is -2.23. The summed E-state index contributed by atoms with van der Waals surface area (Å²) >= 11 is 1.88. The van der Waals surface area contributed by atoms with E-state index in [-0.39, 0.29) is 5.41 Å². The van der Waals surface area contributed by atoms with E-state index in [0.717, 1.165) is 33.1 Å². The van der Waals surface area contributed by atoms with Crippen LogP contribution in [0.5, 0.6) is 0 Å². The van der Waals surface area contributed by atoms with Gasteiger partial charge in [0.15, 0.2) is 0 Å². The Kier molecular flexibility index (Phi) is 4.70. The molecule has 0 aliphatic heterocycles. The highest BCUT2D eigenvalue weighted by Crippen LogP contribution is 2.51. The van der Waals surface area contributed by atoms with Crippen LogP contribution in [0.2, 0.25) is 0 Å². The number of benzene rings is 6. The normalized spacial score (nSPS) is 13.9. The molecule has 0 amide bonds. The van der Waals surface area contributed by atoms with Gasteiger partial charge in [0.1, 0.15) is 0 Å². The molecule has 44 heavy (non-hydrogen) atoms.